The third-order valence-electron chi connectivity index (χ3n) is 4.86. The van der Waals surface area contributed by atoms with Gasteiger partial charge in [-0.25, -0.2) is 0 Å². The van der Waals surface area contributed by atoms with Crippen molar-refractivity contribution in [3.8, 4) is 11.5 Å². The lowest BCUT2D eigenvalue weighted by Crippen LogP contribution is -2.19. The SMILES string of the molecule is CC/C(=C(\c1ccc(OCCN(C)C)cc1)c1cccc(O)c1)c1ccccc1.Cl. The molecule has 0 saturated heterocycles. The van der Waals surface area contributed by atoms with E-state index in [0.29, 0.717) is 6.61 Å². The van der Waals surface area contributed by atoms with Crippen molar-refractivity contribution in [1.82, 2.24) is 4.90 Å². The molecule has 0 heterocycles. The molecule has 0 saturated carbocycles. The van der Waals surface area contributed by atoms with Crippen molar-refractivity contribution in [3.63, 3.8) is 0 Å². The van der Waals surface area contributed by atoms with Crippen LogP contribution in [0, 0.1) is 0 Å². The van der Waals surface area contributed by atoms with E-state index in [0.717, 1.165) is 35.4 Å². The summed E-state index contributed by atoms with van der Waals surface area (Å²) in [7, 11) is 4.07. The number of phenols is 1. The molecule has 0 atom stereocenters. The minimum absolute atomic E-state index is 0. The van der Waals surface area contributed by atoms with Crippen molar-refractivity contribution in [2.24, 2.45) is 0 Å². The Morgan fingerprint density at radius 3 is 2.10 bits per heavy atom. The van der Waals surface area contributed by atoms with Crippen LogP contribution in [-0.4, -0.2) is 37.3 Å². The zero-order valence-corrected chi connectivity index (χ0v) is 18.7. The predicted octanol–water partition coefficient (Wildman–Crippen LogP) is 6.12. The van der Waals surface area contributed by atoms with Gasteiger partial charge in [-0.2, -0.15) is 0 Å². The number of rotatable bonds is 8. The molecule has 0 amide bonds. The molecule has 3 aromatic carbocycles. The van der Waals surface area contributed by atoms with Crippen LogP contribution in [-0.2, 0) is 0 Å². The van der Waals surface area contributed by atoms with Gasteiger partial charge in [0, 0.05) is 6.54 Å². The second kappa shape index (κ2) is 11.4. The second-order valence-electron chi connectivity index (χ2n) is 7.30. The molecule has 0 bridgehead atoms. The van der Waals surface area contributed by atoms with Crippen molar-refractivity contribution in [1.29, 1.82) is 0 Å². The van der Waals surface area contributed by atoms with Crippen molar-refractivity contribution in [3.05, 3.63) is 95.6 Å². The van der Waals surface area contributed by atoms with Crippen LogP contribution in [0.15, 0.2) is 78.9 Å². The minimum Gasteiger partial charge on any atom is -0.508 e. The summed E-state index contributed by atoms with van der Waals surface area (Å²) in [5, 5.41) is 10.1. The highest BCUT2D eigenvalue weighted by Gasteiger charge is 2.13. The van der Waals surface area contributed by atoms with Gasteiger partial charge in [0.15, 0.2) is 0 Å². The maximum Gasteiger partial charge on any atom is 0.119 e. The first-order valence-corrected chi connectivity index (χ1v) is 10.0. The summed E-state index contributed by atoms with van der Waals surface area (Å²) >= 11 is 0. The molecule has 0 unspecified atom stereocenters. The zero-order chi connectivity index (χ0) is 20.6. The quantitative estimate of drug-likeness (QED) is 0.443. The van der Waals surface area contributed by atoms with Gasteiger partial charge in [0.2, 0.25) is 0 Å². The maximum atomic E-state index is 10.1. The van der Waals surface area contributed by atoms with E-state index in [1.54, 1.807) is 6.07 Å². The molecule has 0 aliphatic carbocycles. The first-order chi connectivity index (χ1) is 14.1. The van der Waals surface area contributed by atoms with Gasteiger partial charge >= 0.3 is 0 Å². The Morgan fingerprint density at radius 2 is 1.50 bits per heavy atom. The fourth-order valence-corrected chi connectivity index (χ4v) is 3.41. The van der Waals surface area contributed by atoms with Crippen LogP contribution in [0.25, 0.3) is 11.1 Å². The van der Waals surface area contributed by atoms with Gasteiger partial charge in [0.1, 0.15) is 18.1 Å². The van der Waals surface area contributed by atoms with Crippen LogP contribution in [0.1, 0.15) is 30.0 Å². The highest BCUT2D eigenvalue weighted by atomic mass is 35.5. The molecule has 0 spiro atoms. The number of allylic oxidation sites excluding steroid dienone is 1. The number of hydrogen-bond acceptors (Lipinski definition) is 3. The van der Waals surface area contributed by atoms with E-state index in [-0.39, 0.29) is 18.2 Å². The lowest BCUT2D eigenvalue weighted by Gasteiger charge is -2.17. The van der Waals surface area contributed by atoms with Crippen LogP contribution in [0.3, 0.4) is 0 Å². The third kappa shape index (κ3) is 6.12. The molecule has 4 heteroatoms. The topological polar surface area (TPSA) is 32.7 Å². The molecule has 158 valence electrons. The Labute approximate surface area is 186 Å². The van der Waals surface area contributed by atoms with Gasteiger partial charge in [-0.3, -0.25) is 0 Å². The molecule has 0 aromatic heterocycles. The normalized spacial score (nSPS) is 11.6. The summed E-state index contributed by atoms with van der Waals surface area (Å²) in [6.45, 7) is 3.71. The van der Waals surface area contributed by atoms with Crippen molar-refractivity contribution in [2.75, 3.05) is 27.2 Å². The molecule has 3 nitrogen and oxygen atoms in total. The number of benzene rings is 3. The number of nitrogens with zero attached hydrogens (tertiary/aromatic N) is 1. The van der Waals surface area contributed by atoms with E-state index in [1.807, 2.05) is 44.4 Å². The molecular weight excluding hydrogens is 394 g/mol. The smallest absolute Gasteiger partial charge is 0.119 e. The average Bonchev–Trinajstić information content (AvgIpc) is 2.73. The highest BCUT2D eigenvalue weighted by molar-refractivity contribution is 5.98. The zero-order valence-electron chi connectivity index (χ0n) is 17.8. The van der Waals surface area contributed by atoms with Crippen LogP contribution < -0.4 is 4.74 Å². The third-order valence-corrected chi connectivity index (χ3v) is 4.86. The molecular formula is C26H30ClNO2. The number of likely N-dealkylation sites (N-methyl/N-ethyl adjacent to an activating group) is 1. The first-order valence-electron chi connectivity index (χ1n) is 10.0. The van der Waals surface area contributed by atoms with Crippen LogP contribution in [0.5, 0.6) is 11.5 Å². The number of ether oxygens (including phenoxy) is 1. The first kappa shape index (κ1) is 23.5. The van der Waals surface area contributed by atoms with Gasteiger partial charge < -0.3 is 14.7 Å². The molecule has 0 fully saturated rings. The van der Waals surface area contributed by atoms with Crippen molar-refractivity contribution >= 4 is 23.6 Å². The van der Waals surface area contributed by atoms with Crippen molar-refractivity contribution < 1.29 is 9.84 Å². The van der Waals surface area contributed by atoms with Gasteiger partial charge in [0.05, 0.1) is 0 Å². The fourth-order valence-electron chi connectivity index (χ4n) is 3.41. The Bertz CT molecular complexity index is 950. The largest absolute Gasteiger partial charge is 0.508 e. The summed E-state index contributed by atoms with van der Waals surface area (Å²) in [4.78, 5) is 2.10. The number of aromatic hydroxyl groups is 1. The standard InChI is InChI=1S/C26H29NO2.ClH/c1-4-25(20-9-6-5-7-10-20)26(22-11-8-12-23(28)19-22)21-13-15-24(16-14-21)29-18-17-27(2)3;/h5-16,19,28H,4,17-18H2,1-3H3;1H/b26-25-;. The lowest BCUT2D eigenvalue weighted by atomic mass is 9.88. The van der Waals surface area contributed by atoms with Gasteiger partial charge in [-0.15, -0.1) is 12.4 Å². The lowest BCUT2D eigenvalue weighted by molar-refractivity contribution is 0.261. The van der Waals surface area contributed by atoms with Crippen LogP contribution in [0.2, 0.25) is 0 Å². The Hall–Kier alpha value is -2.75. The summed E-state index contributed by atoms with van der Waals surface area (Å²) in [6.07, 6.45) is 0.885. The minimum atomic E-state index is 0. The molecule has 30 heavy (non-hydrogen) atoms. The summed E-state index contributed by atoms with van der Waals surface area (Å²) in [5.41, 5.74) is 5.69. The van der Waals surface area contributed by atoms with Gasteiger partial charge in [-0.05, 0) is 72.6 Å². The van der Waals surface area contributed by atoms with Gasteiger partial charge in [0.25, 0.3) is 0 Å². The summed E-state index contributed by atoms with van der Waals surface area (Å²) in [6, 6.07) is 26.2. The molecule has 1 N–H and O–H groups in total. The Kier molecular flexibility index (Phi) is 8.97. The predicted molar refractivity (Wildman–Crippen MR) is 128 cm³/mol. The monoisotopic (exact) mass is 423 g/mol. The molecule has 3 aromatic rings. The van der Waals surface area contributed by atoms with Gasteiger partial charge in [-0.1, -0.05) is 61.5 Å². The van der Waals surface area contributed by atoms with Crippen LogP contribution >= 0.6 is 12.4 Å². The van der Waals surface area contributed by atoms with Crippen molar-refractivity contribution in [2.45, 2.75) is 13.3 Å². The Morgan fingerprint density at radius 1 is 0.833 bits per heavy atom. The molecule has 0 aliphatic rings. The van der Waals surface area contributed by atoms with E-state index in [1.165, 1.54) is 11.1 Å². The van der Waals surface area contributed by atoms with E-state index in [9.17, 15) is 5.11 Å². The second-order valence-corrected chi connectivity index (χ2v) is 7.30. The van der Waals surface area contributed by atoms with E-state index >= 15 is 0 Å². The highest BCUT2D eigenvalue weighted by Crippen LogP contribution is 2.35. The number of phenolic OH excluding ortho intramolecular Hbond substituents is 1. The average molecular weight is 424 g/mol. The fraction of sp³-hybridized carbons (Fsp3) is 0.231. The number of hydrogen-bond donors (Lipinski definition) is 1. The Balaban J connectivity index is 0.00000320. The summed E-state index contributed by atoms with van der Waals surface area (Å²) < 4.78 is 5.85. The molecule has 0 radical (unpaired) electrons. The maximum absolute atomic E-state index is 10.1. The molecule has 0 aliphatic heterocycles. The van der Waals surface area contributed by atoms with E-state index in [2.05, 4.69) is 54.3 Å². The van der Waals surface area contributed by atoms with E-state index < -0.39 is 0 Å². The number of halogens is 1. The summed E-state index contributed by atoms with van der Waals surface area (Å²) in [5.74, 6) is 1.13. The van der Waals surface area contributed by atoms with E-state index in [4.69, 9.17) is 4.74 Å². The molecule has 3 rings (SSSR count). The van der Waals surface area contributed by atoms with Crippen LogP contribution in [0.4, 0.5) is 0 Å².